The summed E-state index contributed by atoms with van der Waals surface area (Å²) in [4.78, 5) is 28.5. The van der Waals surface area contributed by atoms with E-state index in [0.717, 1.165) is 24.4 Å². The Morgan fingerprint density at radius 3 is 2.50 bits per heavy atom. The number of carbonyl (C=O) groups is 2. The number of carbonyl (C=O) groups excluding carboxylic acids is 2. The number of benzene rings is 2. The van der Waals surface area contributed by atoms with E-state index in [-0.39, 0.29) is 17.6 Å². The summed E-state index contributed by atoms with van der Waals surface area (Å²) in [5.41, 5.74) is 2.57. The fourth-order valence-corrected chi connectivity index (χ4v) is 3.66. The molecular formula is C23H26N4O2S. The molecule has 0 aliphatic heterocycles. The molecule has 2 aromatic carbocycles. The fourth-order valence-electron chi connectivity index (χ4n) is 2.93. The second-order valence-corrected chi connectivity index (χ2v) is 7.88. The lowest BCUT2D eigenvalue weighted by molar-refractivity contribution is -0.113. The van der Waals surface area contributed by atoms with Crippen LogP contribution in [-0.2, 0) is 18.3 Å². The molecule has 0 unspecified atom stereocenters. The van der Waals surface area contributed by atoms with Gasteiger partial charge in [0.05, 0.1) is 5.75 Å². The van der Waals surface area contributed by atoms with Gasteiger partial charge in [0.15, 0.2) is 5.16 Å². The van der Waals surface area contributed by atoms with Crippen molar-refractivity contribution in [3.8, 4) is 0 Å². The topological polar surface area (TPSA) is 76.0 Å². The van der Waals surface area contributed by atoms with Gasteiger partial charge in [0.1, 0.15) is 0 Å². The number of anilines is 1. The highest BCUT2D eigenvalue weighted by Gasteiger charge is 2.08. The van der Waals surface area contributed by atoms with Crippen LogP contribution in [0.15, 0.2) is 72.1 Å². The molecule has 0 atom stereocenters. The SMILES string of the molecule is Cn1ccnc1SCC(=O)Nc1ccc(C(=O)NCCCCc2ccccc2)cc1. The van der Waals surface area contributed by atoms with Gasteiger partial charge in [-0.1, -0.05) is 42.1 Å². The van der Waals surface area contributed by atoms with Crippen LogP contribution >= 0.6 is 11.8 Å². The summed E-state index contributed by atoms with van der Waals surface area (Å²) in [6, 6.07) is 17.3. The molecule has 0 fully saturated rings. The zero-order valence-electron chi connectivity index (χ0n) is 17.0. The summed E-state index contributed by atoms with van der Waals surface area (Å²) in [6.07, 6.45) is 6.53. The van der Waals surface area contributed by atoms with Gasteiger partial charge in [0, 0.05) is 37.2 Å². The molecule has 0 radical (unpaired) electrons. The molecule has 7 heteroatoms. The van der Waals surface area contributed by atoms with E-state index >= 15 is 0 Å². The van der Waals surface area contributed by atoms with Crippen molar-refractivity contribution in [2.45, 2.75) is 24.4 Å². The van der Waals surface area contributed by atoms with E-state index in [2.05, 4.69) is 27.8 Å². The lowest BCUT2D eigenvalue weighted by atomic mass is 10.1. The maximum atomic E-state index is 12.3. The zero-order chi connectivity index (χ0) is 21.2. The number of hydrogen-bond donors (Lipinski definition) is 2. The number of thioether (sulfide) groups is 1. The molecule has 2 amide bonds. The lowest BCUT2D eigenvalue weighted by Crippen LogP contribution is -2.24. The molecule has 156 valence electrons. The van der Waals surface area contributed by atoms with Crippen molar-refractivity contribution >= 4 is 29.3 Å². The lowest BCUT2D eigenvalue weighted by Gasteiger charge is -2.08. The Labute approximate surface area is 181 Å². The number of nitrogens with zero attached hydrogens (tertiary/aromatic N) is 2. The molecule has 1 aromatic heterocycles. The maximum absolute atomic E-state index is 12.3. The van der Waals surface area contributed by atoms with E-state index in [9.17, 15) is 9.59 Å². The summed E-state index contributed by atoms with van der Waals surface area (Å²) in [6.45, 7) is 0.647. The third-order valence-corrected chi connectivity index (χ3v) is 5.62. The van der Waals surface area contributed by atoms with Crippen molar-refractivity contribution in [2.24, 2.45) is 7.05 Å². The van der Waals surface area contributed by atoms with Crippen LogP contribution in [-0.4, -0.2) is 33.7 Å². The predicted octanol–water partition coefficient (Wildman–Crippen LogP) is 3.90. The van der Waals surface area contributed by atoms with Crippen LogP contribution in [0.2, 0.25) is 0 Å². The minimum atomic E-state index is -0.112. The summed E-state index contributed by atoms with van der Waals surface area (Å²) in [7, 11) is 1.89. The van der Waals surface area contributed by atoms with Crippen LogP contribution in [0.3, 0.4) is 0 Å². The fraction of sp³-hybridized carbons (Fsp3) is 0.261. The molecule has 0 aliphatic rings. The molecule has 0 aliphatic carbocycles. The number of aromatic nitrogens is 2. The number of nitrogens with one attached hydrogen (secondary N) is 2. The second-order valence-electron chi connectivity index (χ2n) is 6.93. The number of aryl methyl sites for hydroxylation is 2. The Hall–Kier alpha value is -3.06. The molecule has 6 nitrogen and oxygen atoms in total. The van der Waals surface area contributed by atoms with Crippen molar-refractivity contribution in [2.75, 3.05) is 17.6 Å². The smallest absolute Gasteiger partial charge is 0.251 e. The number of imidazole rings is 1. The zero-order valence-corrected chi connectivity index (χ0v) is 17.8. The molecule has 30 heavy (non-hydrogen) atoms. The summed E-state index contributed by atoms with van der Waals surface area (Å²) < 4.78 is 1.87. The first-order chi connectivity index (χ1) is 14.6. The third kappa shape index (κ3) is 6.77. The highest BCUT2D eigenvalue weighted by Crippen LogP contribution is 2.15. The summed E-state index contributed by atoms with van der Waals surface area (Å²) in [5, 5.41) is 6.58. The van der Waals surface area contributed by atoms with Crippen molar-refractivity contribution in [3.63, 3.8) is 0 Å². The van der Waals surface area contributed by atoms with Gasteiger partial charge in [-0.15, -0.1) is 0 Å². The van der Waals surface area contributed by atoms with E-state index < -0.39 is 0 Å². The summed E-state index contributed by atoms with van der Waals surface area (Å²) in [5.74, 6) is 0.0623. The molecule has 0 saturated heterocycles. The van der Waals surface area contributed by atoms with Gasteiger partial charge in [0.25, 0.3) is 5.91 Å². The van der Waals surface area contributed by atoms with Crippen molar-refractivity contribution in [3.05, 3.63) is 78.1 Å². The average Bonchev–Trinajstić information content (AvgIpc) is 3.18. The molecule has 0 bridgehead atoms. The Kier molecular flexibility index (Phi) is 8.09. The standard InChI is InChI=1S/C23H26N4O2S/c1-27-16-15-25-23(27)30-17-21(28)26-20-12-10-19(11-13-20)22(29)24-14-6-5-9-18-7-3-2-4-8-18/h2-4,7-8,10-13,15-16H,5-6,9,14,17H2,1H3,(H,24,29)(H,26,28). The van der Waals surface area contributed by atoms with Crippen LogP contribution in [0.4, 0.5) is 5.69 Å². The van der Waals surface area contributed by atoms with Crippen LogP contribution in [0.1, 0.15) is 28.8 Å². The molecule has 2 N–H and O–H groups in total. The first-order valence-corrected chi connectivity index (χ1v) is 10.9. The first-order valence-electron chi connectivity index (χ1n) is 9.94. The van der Waals surface area contributed by atoms with E-state index in [1.807, 2.05) is 36.0 Å². The average molecular weight is 423 g/mol. The Bertz CT molecular complexity index is 955. The van der Waals surface area contributed by atoms with Crippen LogP contribution in [0.25, 0.3) is 0 Å². The number of amides is 2. The monoisotopic (exact) mass is 422 g/mol. The van der Waals surface area contributed by atoms with Gasteiger partial charge in [-0.2, -0.15) is 0 Å². The Morgan fingerprint density at radius 1 is 1.03 bits per heavy atom. The molecule has 1 heterocycles. The van der Waals surface area contributed by atoms with Gasteiger partial charge < -0.3 is 15.2 Å². The van der Waals surface area contributed by atoms with Crippen LogP contribution < -0.4 is 10.6 Å². The number of unbranched alkanes of at least 4 members (excludes halogenated alkanes) is 1. The second kappa shape index (κ2) is 11.2. The summed E-state index contributed by atoms with van der Waals surface area (Å²) >= 11 is 1.38. The van der Waals surface area contributed by atoms with E-state index in [1.54, 1.807) is 30.5 Å². The van der Waals surface area contributed by atoms with E-state index in [1.165, 1.54) is 17.3 Å². The highest BCUT2D eigenvalue weighted by molar-refractivity contribution is 7.99. The number of rotatable bonds is 10. The van der Waals surface area contributed by atoms with Crippen LogP contribution in [0.5, 0.6) is 0 Å². The largest absolute Gasteiger partial charge is 0.352 e. The molecule has 3 rings (SSSR count). The molecular weight excluding hydrogens is 396 g/mol. The molecule has 0 saturated carbocycles. The molecule has 0 spiro atoms. The van der Waals surface area contributed by atoms with Gasteiger partial charge >= 0.3 is 0 Å². The van der Waals surface area contributed by atoms with Gasteiger partial charge in [-0.25, -0.2) is 4.98 Å². The van der Waals surface area contributed by atoms with Gasteiger partial charge in [0.2, 0.25) is 5.91 Å². The predicted molar refractivity (Wildman–Crippen MR) is 121 cm³/mol. The maximum Gasteiger partial charge on any atom is 0.251 e. The Balaban J connectivity index is 1.36. The minimum Gasteiger partial charge on any atom is -0.352 e. The van der Waals surface area contributed by atoms with Crippen molar-refractivity contribution < 1.29 is 9.59 Å². The van der Waals surface area contributed by atoms with Gasteiger partial charge in [-0.05, 0) is 49.1 Å². The van der Waals surface area contributed by atoms with Gasteiger partial charge in [-0.3, -0.25) is 9.59 Å². The quantitative estimate of drug-likeness (QED) is 0.384. The molecule has 3 aromatic rings. The third-order valence-electron chi connectivity index (χ3n) is 4.56. The van der Waals surface area contributed by atoms with Crippen molar-refractivity contribution in [1.29, 1.82) is 0 Å². The normalized spacial score (nSPS) is 10.6. The van der Waals surface area contributed by atoms with E-state index in [4.69, 9.17) is 0 Å². The van der Waals surface area contributed by atoms with Crippen LogP contribution in [0, 0.1) is 0 Å². The highest BCUT2D eigenvalue weighted by atomic mass is 32.2. The first kappa shape index (κ1) is 21.6. The van der Waals surface area contributed by atoms with E-state index in [0.29, 0.717) is 17.8 Å². The Morgan fingerprint density at radius 2 is 1.80 bits per heavy atom. The minimum absolute atomic E-state index is 0.0991. The van der Waals surface area contributed by atoms with Crippen molar-refractivity contribution in [1.82, 2.24) is 14.9 Å². The number of hydrogen-bond acceptors (Lipinski definition) is 4.